The Morgan fingerprint density at radius 3 is 2.38 bits per heavy atom. The number of halogens is 2. The van der Waals surface area contributed by atoms with Gasteiger partial charge in [-0.05, 0) is 24.3 Å². The first-order valence-electron chi connectivity index (χ1n) is 7.39. The van der Waals surface area contributed by atoms with Gasteiger partial charge in [0, 0.05) is 24.4 Å². The predicted molar refractivity (Wildman–Crippen MR) is 96.9 cm³/mol. The number of carbonyl (C=O) groups excluding carboxylic acids is 2. The summed E-state index contributed by atoms with van der Waals surface area (Å²) < 4.78 is 1.56. The molecule has 122 valence electrons. The largest absolute Gasteiger partial charge is 0.324 e. The van der Waals surface area contributed by atoms with Crippen LogP contribution in [0.25, 0.3) is 10.9 Å². The minimum absolute atomic E-state index is 0.0485. The van der Waals surface area contributed by atoms with Gasteiger partial charge in [0.1, 0.15) is 0 Å². The van der Waals surface area contributed by atoms with Crippen molar-refractivity contribution in [2.24, 2.45) is 0 Å². The second kappa shape index (κ2) is 7.07. The fourth-order valence-corrected chi connectivity index (χ4v) is 2.95. The summed E-state index contributed by atoms with van der Waals surface area (Å²) in [4.78, 5) is 24.4. The number of aromatic nitrogens is 1. The lowest BCUT2D eigenvalue weighted by Crippen LogP contribution is -2.16. The highest BCUT2D eigenvalue weighted by atomic mass is 35.5. The molecular weight excluding hydrogens is 347 g/mol. The van der Waals surface area contributed by atoms with E-state index in [9.17, 15) is 9.59 Å². The Balaban J connectivity index is 1.65. The minimum atomic E-state index is -0.310. The third-order valence-electron chi connectivity index (χ3n) is 3.66. The Bertz CT molecular complexity index is 898. The van der Waals surface area contributed by atoms with Crippen molar-refractivity contribution in [2.45, 2.75) is 12.8 Å². The number of carbonyl (C=O) groups is 2. The van der Waals surface area contributed by atoms with Gasteiger partial charge in [-0.2, -0.15) is 0 Å². The number of para-hydroxylation sites is 2. The molecule has 0 bridgehead atoms. The van der Waals surface area contributed by atoms with E-state index in [1.165, 1.54) is 0 Å². The summed E-state index contributed by atoms with van der Waals surface area (Å²) in [7, 11) is 0. The Labute approximate surface area is 149 Å². The van der Waals surface area contributed by atoms with E-state index in [4.69, 9.17) is 23.2 Å². The average Bonchev–Trinajstić information content (AvgIpc) is 3.00. The molecule has 0 aliphatic heterocycles. The zero-order valence-electron chi connectivity index (χ0n) is 12.6. The first kappa shape index (κ1) is 16.6. The number of hydrogen-bond acceptors (Lipinski definition) is 2. The van der Waals surface area contributed by atoms with Gasteiger partial charge >= 0.3 is 0 Å². The molecule has 1 aromatic heterocycles. The normalized spacial score (nSPS) is 10.8. The molecule has 1 amide bonds. The van der Waals surface area contributed by atoms with Gasteiger partial charge in [0.2, 0.25) is 11.8 Å². The summed E-state index contributed by atoms with van der Waals surface area (Å²) in [6, 6.07) is 14.4. The van der Waals surface area contributed by atoms with Crippen LogP contribution in [-0.2, 0) is 4.79 Å². The topological polar surface area (TPSA) is 51.1 Å². The predicted octanol–water partition coefficient (Wildman–Crippen LogP) is 5.01. The lowest BCUT2D eigenvalue weighted by Gasteiger charge is -2.09. The van der Waals surface area contributed by atoms with Gasteiger partial charge in [-0.1, -0.05) is 47.5 Å². The fourth-order valence-electron chi connectivity index (χ4n) is 2.46. The number of rotatable bonds is 4. The highest BCUT2D eigenvalue weighted by molar-refractivity contribution is 6.39. The molecule has 0 aliphatic rings. The maximum absolute atomic E-state index is 12.3. The van der Waals surface area contributed by atoms with Crippen LogP contribution in [0.2, 0.25) is 10.0 Å². The SMILES string of the molecule is O=C(CCC(=O)n1ccc2ccccc21)Nc1c(Cl)cccc1Cl. The Morgan fingerprint density at radius 1 is 0.917 bits per heavy atom. The van der Waals surface area contributed by atoms with Gasteiger partial charge in [-0.3, -0.25) is 14.2 Å². The monoisotopic (exact) mass is 360 g/mol. The molecule has 0 spiro atoms. The molecule has 0 fully saturated rings. The number of hydrogen-bond donors (Lipinski definition) is 1. The van der Waals surface area contributed by atoms with Gasteiger partial charge in [-0.25, -0.2) is 0 Å². The molecule has 3 rings (SSSR count). The van der Waals surface area contributed by atoms with Crippen molar-refractivity contribution in [1.82, 2.24) is 4.57 Å². The third-order valence-corrected chi connectivity index (χ3v) is 4.29. The molecular formula is C18H14Cl2N2O2. The van der Waals surface area contributed by atoms with Gasteiger partial charge in [-0.15, -0.1) is 0 Å². The van der Waals surface area contributed by atoms with Crippen LogP contribution in [0.1, 0.15) is 17.6 Å². The minimum Gasteiger partial charge on any atom is -0.324 e. The molecule has 24 heavy (non-hydrogen) atoms. The van der Waals surface area contributed by atoms with Crippen molar-refractivity contribution in [1.29, 1.82) is 0 Å². The molecule has 0 saturated carbocycles. The number of benzene rings is 2. The molecule has 0 radical (unpaired) electrons. The maximum atomic E-state index is 12.3. The first-order chi connectivity index (χ1) is 11.6. The molecule has 0 unspecified atom stereocenters. The smallest absolute Gasteiger partial charge is 0.231 e. The van der Waals surface area contributed by atoms with Gasteiger partial charge in [0.15, 0.2) is 0 Å². The lowest BCUT2D eigenvalue weighted by atomic mass is 10.2. The second-order valence-corrected chi connectivity index (χ2v) is 6.10. The Hall–Kier alpha value is -2.30. The quantitative estimate of drug-likeness (QED) is 0.710. The average molecular weight is 361 g/mol. The van der Waals surface area contributed by atoms with Crippen LogP contribution < -0.4 is 5.32 Å². The van der Waals surface area contributed by atoms with Gasteiger partial charge < -0.3 is 5.32 Å². The summed E-state index contributed by atoms with van der Waals surface area (Å²) in [6.45, 7) is 0. The molecule has 4 nitrogen and oxygen atoms in total. The van der Waals surface area contributed by atoms with Gasteiger partial charge in [0.25, 0.3) is 0 Å². The van der Waals surface area contributed by atoms with Crippen LogP contribution in [0.15, 0.2) is 54.7 Å². The van der Waals surface area contributed by atoms with E-state index in [1.807, 2.05) is 30.3 Å². The summed E-state index contributed by atoms with van der Waals surface area (Å²) >= 11 is 12.0. The van der Waals surface area contributed by atoms with Crippen LogP contribution in [0.4, 0.5) is 5.69 Å². The molecule has 1 heterocycles. The highest BCUT2D eigenvalue weighted by Crippen LogP contribution is 2.29. The second-order valence-electron chi connectivity index (χ2n) is 5.28. The van der Waals surface area contributed by atoms with Crippen molar-refractivity contribution < 1.29 is 9.59 Å². The lowest BCUT2D eigenvalue weighted by molar-refractivity contribution is -0.116. The number of nitrogens with one attached hydrogen (secondary N) is 1. The number of fused-ring (bicyclic) bond motifs is 1. The van der Waals surface area contributed by atoms with E-state index >= 15 is 0 Å². The highest BCUT2D eigenvalue weighted by Gasteiger charge is 2.13. The van der Waals surface area contributed by atoms with Crippen molar-refractivity contribution in [3.05, 3.63) is 64.8 Å². The molecule has 0 saturated heterocycles. The molecule has 2 aromatic carbocycles. The van der Waals surface area contributed by atoms with Crippen molar-refractivity contribution in [3.63, 3.8) is 0 Å². The van der Waals surface area contributed by atoms with E-state index in [-0.39, 0.29) is 24.7 Å². The number of anilines is 1. The standard InChI is InChI=1S/C18H14Cl2N2O2/c19-13-5-3-6-14(20)18(13)21-16(23)8-9-17(24)22-11-10-12-4-1-2-7-15(12)22/h1-7,10-11H,8-9H2,(H,21,23). The number of nitrogens with zero attached hydrogens (tertiary/aromatic N) is 1. The van der Waals surface area contributed by atoms with E-state index in [1.54, 1.807) is 29.0 Å². The van der Waals surface area contributed by atoms with E-state index < -0.39 is 0 Å². The van der Waals surface area contributed by atoms with Crippen molar-refractivity contribution in [2.75, 3.05) is 5.32 Å². The zero-order valence-corrected chi connectivity index (χ0v) is 14.1. The van der Waals surface area contributed by atoms with Crippen LogP contribution in [0.5, 0.6) is 0 Å². The summed E-state index contributed by atoms with van der Waals surface area (Å²) in [5.41, 5.74) is 1.20. The third kappa shape index (κ3) is 3.45. The summed E-state index contributed by atoms with van der Waals surface area (Å²) in [6.07, 6.45) is 1.86. The number of amides is 1. The summed E-state index contributed by atoms with van der Waals surface area (Å²) in [5, 5.41) is 4.36. The molecule has 0 aliphatic carbocycles. The van der Waals surface area contributed by atoms with Crippen LogP contribution in [0, 0.1) is 0 Å². The molecule has 1 N–H and O–H groups in total. The van der Waals surface area contributed by atoms with Crippen LogP contribution in [0.3, 0.4) is 0 Å². The van der Waals surface area contributed by atoms with Gasteiger partial charge in [0.05, 0.1) is 21.2 Å². The van der Waals surface area contributed by atoms with Crippen molar-refractivity contribution in [3.8, 4) is 0 Å². The van der Waals surface area contributed by atoms with Crippen LogP contribution in [-0.4, -0.2) is 16.4 Å². The van der Waals surface area contributed by atoms with Crippen LogP contribution >= 0.6 is 23.2 Å². The first-order valence-corrected chi connectivity index (χ1v) is 8.15. The Kier molecular flexibility index (Phi) is 4.88. The molecule has 0 atom stereocenters. The maximum Gasteiger partial charge on any atom is 0.231 e. The fraction of sp³-hybridized carbons (Fsp3) is 0.111. The summed E-state index contributed by atoms with van der Waals surface area (Å²) in [5.74, 6) is -0.452. The van der Waals surface area contributed by atoms with Crippen molar-refractivity contribution >= 4 is 51.6 Å². The molecule has 6 heteroatoms. The van der Waals surface area contributed by atoms with E-state index in [0.717, 1.165) is 10.9 Å². The molecule has 3 aromatic rings. The Morgan fingerprint density at radius 2 is 1.62 bits per heavy atom. The van der Waals surface area contributed by atoms with E-state index in [2.05, 4.69) is 5.32 Å². The zero-order chi connectivity index (χ0) is 17.1. The van der Waals surface area contributed by atoms with E-state index in [0.29, 0.717) is 15.7 Å².